The van der Waals surface area contributed by atoms with Crippen molar-refractivity contribution >= 4 is 28.0 Å². The molecule has 1 aromatic carbocycles. The predicted octanol–water partition coefficient (Wildman–Crippen LogP) is 5.19. The van der Waals surface area contributed by atoms with Gasteiger partial charge in [0.15, 0.2) is 11.6 Å². The minimum absolute atomic E-state index is 0.281. The van der Waals surface area contributed by atoms with Crippen LogP contribution in [0.1, 0.15) is 51.9 Å². The molecule has 0 atom stereocenters. The summed E-state index contributed by atoms with van der Waals surface area (Å²) in [4.78, 5) is 33.8. The molecule has 9 heteroatoms. The fraction of sp³-hybridized carbons (Fsp3) is 0.409. The third-order valence-electron chi connectivity index (χ3n) is 5.42. The van der Waals surface area contributed by atoms with Crippen molar-refractivity contribution in [1.82, 2.24) is 19.5 Å². The number of aromatic nitrogens is 4. The van der Waals surface area contributed by atoms with Gasteiger partial charge in [-0.3, -0.25) is 14.9 Å². The van der Waals surface area contributed by atoms with Crippen molar-refractivity contribution in [3.8, 4) is 11.6 Å². The highest BCUT2D eigenvalue weighted by Crippen LogP contribution is 2.30. The van der Waals surface area contributed by atoms with E-state index in [-0.39, 0.29) is 11.4 Å². The van der Waals surface area contributed by atoms with Gasteiger partial charge >= 0.3 is 5.88 Å². The lowest BCUT2D eigenvalue weighted by Gasteiger charge is -2.08. The van der Waals surface area contributed by atoms with Crippen LogP contribution in [0.4, 0.5) is 5.88 Å². The van der Waals surface area contributed by atoms with Crippen LogP contribution in [0.25, 0.3) is 33.7 Å². The molecule has 162 valence electrons. The molecule has 3 aromatic heterocycles. The molecule has 0 amide bonds. The van der Waals surface area contributed by atoms with E-state index < -0.39 is 4.92 Å². The summed E-state index contributed by atoms with van der Waals surface area (Å²) in [5, 5.41) is 11.1. The number of nitrogens with zero attached hydrogens (tertiary/aromatic N) is 4. The minimum Gasteiger partial charge on any atom is -0.397 e. The number of H-pyrrole nitrogens is 1. The highest BCUT2D eigenvalue weighted by Gasteiger charge is 2.20. The Bertz CT molecular complexity index is 1270. The highest BCUT2D eigenvalue weighted by molar-refractivity contribution is 5.92. The maximum atomic E-state index is 11.6. The van der Waals surface area contributed by atoms with Crippen LogP contribution in [0.3, 0.4) is 0 Å². The van der Waals surface area contributed by atoms with Crippen molar-refractivity contribution in [2.45, 2.75) is 58.4 Å². The first-order valence-corrected chi connectivity index (χ1v) is 10.7. The maximum absolute atomic E-state index is 11.6. The largest absolute Gasteiger partial charge is 0.433 e. The van der Waals surface area contributed by atoms with Gasteiger partial charge in [-0.2, -0.15) is 0 Å². The van der Waals surface area contributed by atoms with Gasteiger partial charge in [-0.1, -0.05) is 45.4 Å². The summed E-state index contributed by atoms with van der Waals surface area (Å²) < 4.78 is 7.46. The van der Waals surface area contributed by atoms with Crippen LogP contribution >= 0.6 is 0 Å². The number of unbranched alkanes of at least 4 members (excludes halogenated alkanes) is 6. The summed E-state index contributed by atoms with van der Waals surface area (Å²) in [5.74, 6) is 0.559. The molecule has 3 heterocycles. The monoisotopic (exact) mass is 423 g/mol. The third kappa shape index (κ3) is 4.50. The second-order valence-corrected chi connectivity index (χ2v) is 7.71. The summed E-state index contributed by atoms with van der Waals surface area (Å²) in [5.41, 5.74) is 2.50. The van der Waals surface area contributed by atoms with E-state index in [0.717, 1.165) is 18.4 Å². The van der Waals surface area contributed by atoms with Crippen LogP contribution in [-0.2, 0) is 6.54 Å². The van der Waals surface area contributed by atoms with Crippen LogP contribution in [0, 0.1) is 10.1 Å². The van der Waals surface area contributed by atoms with E-state index in [9.17, 15) is 14.9 Å². The SMILES string of the molecule is CCCCCCCCCn1c(-c2ccc([N+](=O)[O-])o2)nc2cc3[nH]c(=O)cnc3cc21. The topological polar surface area (TPSA) is 120 Å². The fourth-order valence-corrected chi connectivity index (χ4v) is 3.85. The zero-order chi connectivity index (χ0) is 21.8. The summed E-state index contributed by atoms with van der Waals surface area (Å²) in [6.07, 6.45) is 9.49. The summed E-state index contributed by atoms with van der Waals surface area (Å²) in [6, 6.07) is 6.57. The molecule has 0 aliphatic rings. The van der Waals surface area contributed by atoms with Gasteiger partial charge in [-0.15, -0.1) is 0 Å². The predicted molar refractivity (Wildman–Crippen MR) is 118 cm³/mol. The normalized spacial score (nSPS) is 11.5. The van der Waals surface area contributed by atoms with Crippen molar-refractivity contribution in [2.75, 3.05) is 0 Å². The number of aryl methyl sites for hydroxylation is 1. The molecule has 0 fully saturated rings. The van der Waals surface area contributed by atoms with E-state index in [1.165, 1.54) is 44.4 Å². The van der Waals surface area contributed by atoms with E-state index >= 15 is 0 Å². The molecule has 0 bridgehead atoms. The van der Waals surface area contributed by atoms with Crippen molar-refractivity contribution in [3.05, 3.63) is 50.9 Å². The van der Waals surface area contributed by atoms with Crippen LogP contribution in [0.2, 0.25) is 0 Å². The first-order valence-electron chi connectivity index (χ1n) is 10.7. The summed E-state index contributed by atoms with van der Waals surface area (Å²) >= 11 is 0. The molecule has 0 spiro atoms. The number of nitrogens with one attached hydrogen (secondary N) is 1. The second-order valence-electron chi connectivity index (χ2n) is 7.71. The van der Waals surface area contributed by atoms with E-state index in [0.29, 0.717) is 34.7 Å². The first kappa shape index (κ1) is 20.8. The standard InChI is InChI=1S/C22H25N5O4/c1-2-3-4-5-6-7-8-11-26-18-13-15-16(24-20(28)14-23-15)12-17(18)25-22(26)19-9-10-21(31-19)27(29)30/h9-10,12-14H,2-8,11H2,1H3,(H,24,28). The smallest absolute Gasteiger partial charge is 0.397 e. The van der Waals surface area contributed by atoms with E-state index in [1.807, 2.05) is 10.6 Å². The van der Waals surface area contributed by atoms with Crippen molar-refractivity contribution in [2.24, 2.45) is 0 Å². The van der Waals surface area contributed by atoms with Crippen molar-refractivity contribution in [3.63, 3.8) is 0 Å². The maximum Gasteiger partial charge on any atom is 0.433 e. The zero-order valence-electron chi connectivity index (χ0n) is 17.5. The van der Waals surface area contributed by atoms with Gasteiger partial charge in [0.2, 0.25) is 0 Å². The Morgan fingerprint density at radius 3 is 2.61 bits per heavy atom. The molecular formula is C22H25N5O4. The fourth-order valence-electron chi connectivity index (χ4n) is 3.85. The Balaban J connectivity index is 1.68. The van der Waals surface area contributed by atoms with Gasteiger partial charge in [0.25, 0.3) is 5.56 Å². The first-order chi connectivity index (χ1) is 15.1. The third-order valence-corrected chi connectivity index (χ3v) is 5.42. The number of hydrogen-bond donors (Lipinski definition) is 1. The zero-order valence-corrected chi connectivity index (χ0v) is 17.5. The van der Waals surface area contributed by atoms with E-state index in [1.54, 1.807) is 12.1 Å². The molecule has 0 saturated carbocycles. The molecule has 0 aliphatic heterocycles. The van der Waals surface area contributed by atoms with Gasteiger partial charge < -0.3 is 14.0 Å². The average molecular weight is 423 g/mol. The van der Waals surface area contributed by atoms with Gasteiger partial charge in [-0.05, 0) is 24.6 Å². The minimum atomic E-state index is -0.560. The van der Waals surface area contributed by atoms with Crippen LogP contribution in [0.15, 0.2) is 39.7 Å². The summed E-state index contributed by atoms with van der Waals surface area (Å²) in [6.45, 7) is 2.92. The lowest BCUT2D eigenvalue weighted by Crippen LogP contribution is -2.05. The van der Waals surface area contributed by atoms with Gasteiger partial charge in [0.05, 0.1) is 34.3 Å². The highest BCUT2D eigenvalue weighted by atomic mass is 16.6. The van der Waals surface area contributed by atoms with Gasteiger partial charge in [0.1, 0.15) is 4.92 Å². The molecule has 0 unspecified atom stereocenters. The number of furan rings is 1. The van der Waals surface area contributed by atoms with Crippen LogP contribution in [0.5, 0.6) is 0 Å². The summed E-state index contributed by atoms with van der Waals surface area (Å²) in [7, 11) is 0. The van der Waals surface area contributed by atoms with E-state index in [4.69, 9.17) is 4.42 Å². The number of benzene rings is 1. The molecule has 1 N–H and O–H groups in total. The number of aromatic amines is 1. The second kappa shape index (κ2) is 9.11. The van der Waals surface area contributed by atoms with E-state index in [2.05, 4.69) is 21.9 Å². The molecule has 4 rings (SSSR count). The van der Waals surface area contributed by atoms with Gasteiger partial charge in [0, 0.05) is 6.54 Å². The Morgan fingerprint density at radius 1 is 1.10 bits per heavy atom. The molecule has 9 nitrogen and oxygen atoms in total. The van der Waals surface area contributed by atoms with Gasteiger partial charge in [-0.25, -0.2) is 9.97 Å². The number of nitro groups is 1. The number of rotatable bonds is 10. The van der Waals surface area contributed by atoms with Crippen molar-refractivity contribution in [1.29, 1.82) is 0 Å². The Labute approximate surface area is 178 Å². The average Bonchev–Trinajstić information content (AvgIpc) is 3.36. The molecule has 0 saturated heterocycles. The number of hydrogen-bond acceptors (Lipinski definition) is 6. The number of fused-ring (bicyclic) bond motifs is 2. The molecule has 0 aliphatic carbocycles. The Morgan fingerprint density at radius 2 is 1.87 bits per heavy atom. The lowest BCUT2D eigenvalue weighted by atomic mass is 10.1. The Kier molecular flexibility index (Phi) is 6.11. The molecular weight excluding hydrogens is 398 g/mol. The molecule has 31 heavy (non-hydrogen) atoms. The van der Waals surface area contributed by atoms with Crippen LogP contribution < -0.4 is 5.56 Å². The molecule has 0 radical (unpaired) electrons. The number of imidazole rings is 1. The molecule has 4 aromatic rings. The van der Waals surface area contributed by atoms with Crippen LogP contribution in [-0.4, -0.2) is 24.4 Å². The Hall–Kier alpha value is -3.49. The van der Waals surface area contributed by atoms with Crippen molar-refractivity contribution < 1.29 is 9.34 Å². The lowest BCUT2D eigenvalue weighted by molar-refractivity contribution is -0.401. The quantitative estimate of drug-likeness (QED) is 0.213.